The zero-order chi connectivity index (χ0) is 14.2. The molecular weight excluding hydrogens is 252 g/mol. The SMILES string of the molecule is N#Cc1ccc(NCCCOCCO)c2ccccc12. The molecule has 4 heteroatoms. The average Bonchev–Trinajstić information content (AvgIpc) is 2.50. The summed E-state index contributed by atoms with van der Waals surface area (Å²) in [5, 5.41) is 23.1. The number of fused-ring (bicyclic) bond motifs is 1. The van der Waals surface area contributed by atoms with Gasteiger partial charge >= 0.3 is 0 Å². The Morgan fingerprint density at radius 1 is 1.10 bits per heavy atom. The highest BCUT2D eigenvalue weighted by atomic mass is 16.5. The second kappa shape index (κ2) is 7.49. The van der Waals surface area contributed by atoms with E-state index in [9.17, 15) is 0 Å². The van der Waals surface area contributed by atoms with Gasteiger partial charge in [0.25, 0.3) is 0 Å². The average molecular weight is 270 g/mol. The number of nitrogens with zero attached hydrogens (tertiary/aromatic N) is 1. The molecule has 0 saturated carbocycles. The maximum Gasteiger partial charge on any atom is 0.0998 e. The molecule has 0 aliphatic rings. The Bertz CT molecular complexity index is 605. The lowest BCUT2D eigenvalue weighted by atomic mass is 10.0. The van der Waals surface area contributed by atoms with Crippen molar-refractivity contribution in [3.05, 3.63) is 42.0 Å². The van der Waals surface area contributed by atoms with Crippen LogP contribution in [0.25, 0.3) is 10.8 Å². The van der Waals surface area contributed by atoms with Crippen LogP contribution in [0, 0.1) is 11.3 Å². The summed E-state index contributed by atoms with van der Waals surface area (Å²) in [6, 6.07) is 13.9. The van der Waals surface area contributed by atoms with Gasteiger partial charge in [-0.25, -0.2) is 0 Å². The van der Waals surface area contributed by atoms with Crippen molar-refractivity contribution in [3.8, 4) is 6.07 Å². The van der Waals surface area contributed by atoms with Crippen LogP contribution in [0.2, 0.25) is 0 Å². The Balaban J connectivity index is 2.02. The van der Waals surface area contributed by atoms with Crippen molar-refractivity contribution >= 4 is 16.5 Å². The van der Waals surface area contributed by atoms with E-state index in [2.05, 4.69) is 11.4 Å². The maximum absolute atomic E-state index is 9.12. The minimum Gasteiger partial charge on any atom is -0.394 e. The Morgan fingerprint density at radius 2 is 1.90 bits per heavy atom. The van der Waals surface area contributed by atoms with E-state index in [4.69, 9.17) is 15.1 Å². The summed E-state index contributed by atoms with van der Waals surface area (Å²) in [5.41, 5.74) is 1.72. The molecule has 4 nitrogen and oxygen atoms in total. The minimum absolute atomic E-state index is 0.0632. The van der Waals surface area contributed by atoms with Crippen LogP contribution in [0.15, 0.2) is 36.4 Å². The number of ether oxygens (including phenoxy) is 1. The van der Waals surface area contributed by atoms with Crippen molar-refractivity contribution < 1.29 is 9.84 Å². The molecule has 0 unspecified atom stereocenters. The third kappa shape index (κ3) is 3.47. The first-order valence-corrected chi connectivity index (χ1v) is 6.71. The van der Waals surface area contributed by atoms with Crippen LogP contribution in [0.4, 0.5) is 5.69 Å². The lowest BCUT2D eigenvalue weighted by Crippen LogP contribution is -2.07. The number of nitriles is 1. The molecule has 2 N–H and O–H groups in total. The quantitative estimate of drug-likeness (QED) is 0.759. The normalized spacial score (nSPS) is 10.4. The highest BCUT2D eigenvalue weighted by Gasteiger charge is 2.04. The fraction of sp³-hybridized carbons (Fsp3) is 0.312. The molecule has 0 aliphatic carbocycles. The van der Waals surface area contributed by atoms with Gasteiger partial charge in [-0.1, -0.05) is 24.3 Å². The van der Waals surface area contributed by atoms with Crippen LogP contribution in [-0.2, 0) is 4.74 Å². The van der Waals surface area contributed by atoms with Crippen LogP contribution in [0.3, 0.4) is 0 Å². The number of anilines is 1. The van der Waals surface area contributed by atoms with Gasteiger partial charge in [-0.05, 0) is 18.6 Å². The molecule has 0 radical (unpaired) electrons. The van der Waals surface area contributed by atoms with E-state index in [1.165, 1.54) is 0 Å². The molecule has 2 aromatic rings. The number of hydrogen-bond donors (Lipinski definition) is 2. The van der Waals surface area contributed by atoms with Crippen molar-refractivity contribution in [3.63, 3.8) is 0 Å². The van der Waals surface area contributed by atoms with Crippen LogP contribution in [0.1, 0.15) is 12.0 Å². The van der Waals surface area contributed by atoms with E-state index >= 15 is 0 Å². The van der Waals surface area contributed by atoms with E-state index < -0.39 is 0 Å². The van der Waals surface area contributed by atoms with Gasteiger partial charge in [0.2, 0.25) is 0 Å². The lowest BCUT2D eigenvalue weighted by molar-refractivity contribution is 0.0922. The van der Waals surface area contributed by atoms with E-state index in [-0.39, 0.29) is 6.61 Å². The highest BCUT2D eigenvalue weighted by Crippen LogP contribution is 2.26. The summed E-state index contributed by atoms with van der Waals surface area (Å²) in [7, 11) is 0. The molecule has 0 fully saturated rings. The molecule has 20 heavy (non-hydrogen) atoms. The minimum atomic E-state index is 0.0632. The largest absolute Gasteiger partial charge is 0.394 e. The van der Waals surface area contributed by atoms with E-state index in [1.807, 2.05) is 36.4 Å². The standard InChI is InChI=1S/C16H18N2O2/c17-12-13-6-7-16(15-5-2-1-4-14(13)15)18-8-3-10-20-11-9-19/h1-2,4-7,18-19H,3,8-11H2. The van der Waals surface area contributed by atoms with Gasteiger partial charge in [-0.15, -0.1) is 0 Å². The predicted octanol–water partition coefficient (Wildman–Crippen LogP) is 2.52. The number of aliphatic hydroxyl groups excluding tert-OH is 1. The smallest absolute Gasteiger partial charge is 0.0998 e. The van der Waals surface area contributed by atoms with Crippen molar-refractivity contribution in [1.82, 2.24) is 0 Å². The molecule has 0 bridgehead atoms. The summed E-state index contributed by atoms with van der Waals surface area (Å²) < 4.78 is 5.21. The summed E-state index contributed by atoms with van der Waals surface area (Å²) >= 11 is 0. The summed E-state index contributed by atoms with van der Waals surface area (Å²) in [6.07, 6.45) is 0.869. The van der Waals surface area contributed by atoms with E-state index in [0.29, 0.717) is 18.8 Å². The molecule has 104 valence electrons. The Labute approximate surface area is 118 Å². The van der Waals surface area contributed by atoms with E-state index in [0.717, 1.165) is 29.4 Å². The first-order valence-electron chi connectivity index (χ1n) is 6.71. The number of rotatable bonds is 7. The number of benzene rings is 2. The van der Waals surface area contributed by atoms with Gasteiger partial charge in [-0.2, -0.15) is 5.26 Å². The monoisotopic (exact) mass is 270 g/mol. The molecule has 0 aromatic heterocycles. The molecule has 0 amide bonds. The second-order valence-corrected chi connectivity index (χ2v) is 4.43. The lowest BCUT2D eigenvalue weighted by Gasteiger charge is -2.10. The molecule has 2 aromatic carbocycles. The van der Waals surface area contributed by atoms with Gasteiger partial charge in [-0.3, -0.25) is 0 Å². The van der Waals surface area contributed by atoms with Gasteiger partial charge in [0.1, 0.15) is 0 Å². The number of aliphatic hydroxyl groups is 1. The highest BCUT2D eigenvalue weighted by molar-refractivity contribution is 5.97. The first kappa shape index (κ1) is 14.3. The van der Waals surface area contributed by atoms with Gasteiger partial charge < -0.3 is 15.2 Å². The zero-order valence-electron chi connectivity index (χ0n) is 11.3. The Kier molecular flexibility index (Phi) is 5.36. The van der Waals surface area contributed by atoms with Crippen molar-refractivity contribution in [1.29, 1.82) is 5.26 Å². The molecule has 2 rings (SSSR count). The van der Waals surface area contributed by atoms with Gasteiger partial charge in [0.15, 0.2) is 0 Å². The summed E-state index contributed by atoms with van der Waals surface area (Å²) in [6.45, 7) is 1.87. The second-order valence-electron chi connectivity index (χ2n) is 4.43. The number of nitrogens with one attached hydrogen (secondary N) is 1. The Hall–Kier alpha value is -2.09. The number of hydrogen-bond acceptors (Lipinski definition) is 4. The first-order chi connectivity index (χ1) is 9.86. The van der Waals surface area contributed by atoms with Crippen LogP contribution >= 0.6 is 0 Å². The van der Waals surface area contributed by atoms with Crippen molar-refractivity contribution in [2.75, 3.05) is 31.7 Å². The van der Waals surface area contributed by atoms with Crippen LogP contribution < -0.4 is 5.32 Å². The maximum atomic E-state index is 9.12. The molecule has 0 saturated heterocycles. The molecule has 0 heterocycles. The fourth-order valence-corrected chi connectivity index (χ4v) is 2.11. The zero-order valence-corrected chi connectivity index (χ0v) is 11.3. The van der Waals surface area contributed by atoms with Gasteiger partial charge in [0.05, 0.1) is 24.8 Å². The van der Waals surface area contributed by atoms with Crippen molar-refractivity contribution in [2.45, 2.75) is 6.42 Å². The third-order valence-electron chi connectivity index (χ3n) is 3.06. The van der Waals surface area contributed by atoms with Crippen LogP contribution in [0.5, 0.6) is 0 Å². The van der Waals surface area contributed by atoms with E-state index in [1.54, 1.807) is 0 Å². The van der Waals surface area contributed by atoms with Crippen LogP contribution in [-0.4, -0.2) is 31.5 Å². The molecular formula is C16H18N2O2. The molecule has 0 aliphatic heterocycles. The molecule has 0 spiro atoms. The topological polar surface area (TPSA) is 65.3 Å². The predicted molar refractivity (Wildman–Crippen MR) is 79.7 cm³/mol. The summed E-state index contributed by atoms with van der Waals surface area (Å²) in [4.78, 5) is 0. The third-order valence-corrected chi connectivity index (χ3v) is 3.06. The van der Waals surface area contributed by atoms with Crippen molar-refractivity contribution in [2.24, 2.45) is 0 Å². The fourth-order valence-electron chi connectivity index (χ4n) is 2.11. The molecule has 0 atom stereocenters. The summed E-state index contributed by atoms with van der Waals surface area (Å²) in [5.74, 6) is 0. The van der Waals surface area contributed by atoms with Gasteiger partial charge in [0, 0.05) is 29.6 Å². The Morgan fingerprint density at radius 3 is 2.65 bits per heavy atom.